The largest absolute Gasteiger partial charge is 0.271 e. The van der Waals surface area contributed by atoms with Gasteiger partial charge in [-0.25, -0.2) is 4.39 Å². The van der Waals surface area contributed by atoms with Crippen molar-refractivity contribution in [3.63, 3.8) is 0 Å². The van der Waals surface area contributed by atoms with Crippen LogP contribution in [-0.4, -0.2) is 6.04 Å². The minimum atomic E-state index is -0.191. The minimum absolute atomic E-state index is 0.191. The summed E-state index contributed by atoms with van der Waals surface area (Å²) in [7, 11) is 0. The zero-order valence-electron chi connectivity index (χ0n) is 10.6. The van der Waals surface area contributed by atoms with Gasteiger partial charge >= 0.3 is 0 Å². The van der Waals surface area contributed by atoms with Crippen LogP contribution >= 0.6 is 15.9 Å². The van der Waals surface area contributed by atoms with Crippen molar-refractivity contribution < 1.29 is 4.39 Å². The number of halogens is 2. The van der Waals surface area contributed by atoms with Crippen LogP contribution in [0.15, 0.2) is 22.7 Å². The van der Waals surface area contributed by atoms with Crippen molar-refractivity contribution in [2.45, 2.75) is 38.6 Å². The Morgan fingerprint density at radius 3 is 2.89 bits per heavy atom. The van der Waals surface area contributed by atoms with E-state index < -0.39 is 0 Å². The number of rotatable bonds is 4. The van der Waals surface area contributed by atoms with Gasteiger partial charge in [0.25, 0.3) is 0 Å². The lowest BCUT2D eigenvalue weighted by molar-refractivity contribution is 0.352. The lowest BCUT2D eigenvalue weighted by Crippen LogP contribution is -2.41. The van der Waals surface area contributed by atoms with Gasteiger partial charge in [-0.3, -0.25) is 11.3 Å². The van der Waals surface area contributed by atoms with E-state index in [0.717, 1.165) is 22.4 Å². The third-order valence-corrected chi connectivity index (χ3v) is 4.74. The molecular weight excluding hydrogens is 295 g/mol. The Morgan fingerprint density at radius 2 is 2.28 bits per heavy atom. The van der Waals surface area contributed by atoms with E-state index in [4.69, 9.17) is 5.84 Å². The summed E-state index contributed by atoms with van der Waals surface area (Å²) in [6, 6.07) is 5.05. The highest BCUT2D eigenvalue weighted by molar-refractivity contribution is 9.10. The molecule has 0 radical (unpaired) electrons. The first kappa shape index (κ1) is 14.0. The molecule has 0 amide bonds. The molecule has 3 unspecified atom stereocenters. The summed E-state index contributed by atoms with van der Waals surface area (Å²) in [5.41, 5.74) is 3.90. The van der Waals surface area contributed by atoms with Gasteiger partial charge in [0.15, 0.2) is 0 Å². The molecule has 2 nitrogen and oxygen atoms in total. The van der Waals surface area contributed by atoms with Crippen molar-refractivity contribution >= 4 is 15.9 Å². The van der Waals surface area contributed by atoms with Gasteiger partial charge in [-0.05, 0) is 54.9 Å². The maximum atomic E-state index is 13.3. The first-order valence-corrected chi connectivity index (χ1v) is 7.29. The van der Waals surface area contributed by atoms with E-state index in [-0.39, 0.29) is 11.9 Å². The van der Waals surface area contributed by atoms with Gasteiger partial charge in [0, 0.05) is 10.5 Å². The van der Waals surface area contributed by atoms with Crippen LogP contribution in [0.3, 0.4) is 0 Å². The molecule has 0 bridgehead atoms. The average Bonchev–Trinajstić information content (AvgIpc) is 2.77. The summed E-state index contributed by atoms with van der Waals surface area (Å²) in [5, 5.41) is 0. The third kappa shape index (κ3) is 3.31. The highest BCUT2D eigenvalue weighted by atomic mass is 79.9. The molecule has 0 heterocycles. The third-order valence-electron chi connectivity index (χ3n) is 3.97. The average molecular weight is 315 g/mol. The topological polar surface area (TPSA) is 38.0 Å². The van der Waals surface area contributed by atoms with E-state index in [1.54, 1.807) is 12.1 Å². The van der Waals surface area contributed by atoms with Gasteiger partial charge in [0.05, 0.1) is 0 Å². The van der Waals surface area contributed by atoms with Crippen molar-refractivity contribution in [3.8, 4) is 0 Å². The van der Waals surface area contributed by atoms with Crippen LogP contribution in [0.4, 0.5) is 4.39 Å². The quantitative estimate of drug-likeness (QED) is 0.660. The summed E-state index contributed by atoms with van der Waals surface area (Å²) in [5.74, 6) is 6.86. The normalized spacial score (nSPS) is 25.3. The second-order valence-corrected chi connectivity index (χ2v) is 6.25. The molecule has 1 saturated carbocycles. The Hall–Kier alpha value is -0.450. The maximum absolute atomic E-state index is 13.3. The highest BCUT2D eigenvalue weighted by Crippen LogP contribution is 2.34. The summed E-state index contributed by atoms with van der Waals surface area (Å²) >= 11 is 3.47. The van der Waals surface area contributed by atoms with E-state index in [2.05, 4.69) is 28.3 Å². The SMILES string of the molecule is CC1CCC(C(Cc2cc(F)ccc2Br)NN)C1. The van der Waals surface area contributed by atoms with E-state index in [9.17, 15) is 4.39 Å². The number of benzene rings is 1. The van der Waals surface area contributed by atoms with E-state index >= 15 is 0 Å². The van der Waals surface area contributed by atoms with Gasteiger partial charge < -0.3 is 0 Å². The van der Waals surface area contributed by atoms with E-state index in [1.165, 1.54) is 25.3 Å². The number of hydrogen-bond donors (Lipinski definition) is 2. The van der Waals surface area contributed by atoms with Crippen molar-refractivity contribution in [1.29, 1.82) is 0 Å². The highest BCUT2D eigenvalue weighted by Gasteiger charge is 2.28. The zero-order valence-corrected chi connectivity index (χ0v) is 12.2. The molecule has 0 saturated heterocycles. The summed E-state index contributed by atoms with van der Waals surface area (Å²) in [4.78, 5) is 0. The van der Waals surface area contributed by atoms with Crippen LogP contribution in [0.5, 0.6) is 0 Å². The summed E-state index contributed by atoms with van der Waals surface area (Å²) < 4.78 is 14.2. The predicted octanol–water partition coefficient (Wildman–Crippen LogP) is 3.40. The lowest BCUT2D eigenvalue weighted by Gasteiger charge is -2.23. The molecule has 1 aliphatic rings. The van der Waals surface area contributed by atoms with Crippen LogP contribution in [0.1, 0.15) is 31.7 Å². The molecule has 1 aliphatic carbocycles. The Labute approximate surface area is 116 Å². The van der Waals surface area contributed by atoms with Crippen LogP contribution < -0.4 is 11.3 Å². The Kier molecular flexibility index (Phi) is 4.76. The molecule has 0 aliphatic heterocycles. The molecule has 18 heavy (non-hydrogen) atoms. The second kappa shape index (κ2) is 6.13. The first-order chi connectivity index (χ1) is 8.60. The molecule has 1 aromatic carbocycles. The van der Waals surface area contributed by atoms with E-state index in [1.807, 2.05) is 0 Å². The molecule has 3 N–H and O–H groups in total. The van der Waals surface area contributed by atoms with Crippen LogP contribution in [0, 0.1) is 17.7 Å². The van der Waals surface area contributed by atoms with Gasteiger partial charge in [-0.15, -0.1) is 0 Å². The molecule has 4 heteroatoms. The molecule has 0 spiro atoms. The summed E-state index contributed by atoms with van der Waals surface area (Å²) in [6.45, 7) is 2.28. The Bertz CT molecular complexity index is 411. The number of nitrogens with two attached hydrogens (primary N) is 1. The maximum Gasteiger partial charge on any atom is 0.123 e. The first-order valence-electron chi connectivity index (χ1n) is 6.50. The minimum Gasteiger partial charge on any atom is -0.271 e. The molecule has 2 rings (SSSR count). The fraction of sp³-hybridized carbons (Fsp3) is 0.571. The van der Waals surface area contributed by atoms with Crippen LogP contribution in [0.25, 0.3) is 0 Å². The van der Waals surface area contributed by atoms with Crippen molar-refractivity contribution in [2.24, 2.45) is 17.7 Å². The van der Waals surface area contributed by atoms with Gasteiger partial charge in [-0.1, -0.05) is 29.3 Å². The van der Waals surface area contributed by atoms with Crippen molar-refractivity contribution in [1.82, 2.24) is 5.43 Å². The lowest BCUT2D eigenvalue weighted by atomic mass is 9.92. The smallest absolute Gasteiger partial charge is 0.123 e. The van der Waals surface area contributed by atoms with Gasteiger partial charge in [-0.2, -0.15) is 0 Å². The fourth-order valence-corrected chi connectivity index (χ4v) is 3.32. The standard InChI is InChI=1S/C14H20BrFN2/c1-9-2-3-10(6-9)14(18-17)8-11-7-12(16)4-5-13(11)15/h4-5,7,9-10,14,18H,2-3,6,8,17H2,1H3. The molecule has 1 fully saturated rings. The van der Waals surface area contributed by atoms with Crippen LogP contribution in [0.2, 0.25) is 0 Å². The number of nitrogens with one attached hydrogen (secondary N) is 1. The fourth-order valence-electron chi connectivity index (χ4n) is 2.91. The Balaban J connectivity index is 2.08. The van der Waals surface area contributed by atoms with Crippen molar-refractivity contribution in [2.75, 3.05) is 0 Å². The number of hydrazine groups is 1. The Morgan fingerprint density at radius 1 is 1.50 bits per heavy atom. The van der Waals surface area contributed by atoms with Crippen LogP contribution in [-0.2, 0) is 6.42 Å². The van der Waals surface area contributed by atoms with E-state index in [0.29, 0.717) is 5.92 Å². The molecule has 3 atom stereocenters. The predicted molar refractivity (Wildman–Crippen MR) is 75.4 cm³/mol. The van der Waals surface area contributed by atoms with Gasteiger partial charge in [0.1, 0.15) is 5.82 Å². The number of hydrogen-bond acceptors (Lipinski definition) is 2. The molecule has 1 aromatic rings. The van der Waals surface area contributed by atoms with Gasteiger partial charge in [0.2, 0.25) is 0 Å². The molecular formula is C14H20BrFN2. The zero-order chi connectivity index (χ0) is 13.1. The molecule has 100 valence electrons. The monoisotopic (exact) mass is 314 g/mol. The second-order valence-electron chi connectivity index (χ2n) is 5.39. The van der Waals surface area contributed by atoms with Crippen molar-refractivity contribution in [3.05, 3.63) is 34.1 Å². The summed E-state index contributed by atoms with van der Waals surface area (Å²) in [6.07, 6.45) is 4.46. The molecule has 0 aromatic heterocycles.